The van der Waals surface area contributed by atoms with Crippen molar-refractivity contribution in [3.8, 4) is 0 Å². The highest BCUT2D eigenvalue weighted by molar-refractivity contribution is 7.88. The highest BCUT2D eigenvalue weighted by atomic mass is 32.2. The Morgan fingerprint density at radius 3 is 1.94 bits per heavy atom. The Morgan fingerprint density at radius 2 is 1.38 bits per heavy atom. The molecule has 1 aromatic heterocycles. The van der Waals surface area contributed by atoms with E-state index >= 15 is 0 Å². The standard InChI is InChI=1S/C24H23N3O4S/c1-25-32(30,31)16-18-12-10-17(11-13-18)14-26-23(28)15-27-21-8-4-2-6-19(21)24(29)20-7-3-5-9-22(20)27/h2-13,25H,14-16H2,1H3,(H,26,28). The number of pyridine rings is 1. The number of para-hydroxylation sites is 2. The van der Waals surface area contributed by atoms with Crippen LogP contribution in [0.1, 0.15) is 11.1 Å². The molecule has 8 heteroatoms. The lowest BCUT2D eigenvalue weighted by atomic mass is 10.1. The van der Waals surface area contributed by atoms with Crippen LogP contribution in [-0.4, -0.2) is 25.9 Å². The van der Waals surface area contributed by atoms with Gasteiger partial charge in [-0.1, -0.05) is 48.5 Å². The second-order valence-electron chi connectivity index (χ2n) is 7.51. The molecule has 0 aliphatic carbocycles. The zero-order valence-corrected chi connectivity index (χ0v) is 18.4. The summed E-state index contributed by atoms with van der Waals surface area (Å²) < 4.78 is 27.5. The van der Waals surface area contributed by atoms with Crippen molar-refractivity contribution in [3.05, 3.63) is 94.1 Å². The van der Waals surface area contributed by atoms with Gasteiger partial charge in [0.2, 0.25) is 15.9 Å². The van der Waals surface area contributed by atoms with E-state index in [1.165, 1.54) is 7.05 Å². The van der Waals surface area contributed by atoms with Gasteiger partial charge in [0, 0.05) is 17.3 Å². The zero-order chi connectivity index (χ0) is 22.7. The van der Waals surface area contributed by atoms with Crippen molar-refractivity contribution in [2.45, 2.75) is 18.8 Å². The molecule has 0 bridgehead atoms. The first kappa shape index (κ1) is 21.7. The predicted octanol–water partition coefficient (Wildman–Crippen LogP) is 2.52. The summed E-state index contributed by atoms with van der Waals surface area (Å²) in [7, 11) is -1.95. The molecule has 2 N–H and O–H groups in total. The molecular weight excluding hydrogens is 426 g/mol. The van der Waals surface area contributed by atoms with Crippen LogP contribution in [0.2, 0.25) is 0 Å². The molecule has 0 aliphatic rings. The minimum absolute atomic E-state index is 0.0479. The Morgan fingerprint density at radius 1 is 0.844 bits per heavy atom. The van der Waals surface area contributed by atoms with E-state index < -0.39 is 10.0 Å². The van der Waals surface area contributed by atoms with Gasteiger partial charge in [0.05, 0.1) is 16.8 Å². The van der Waals surface area contributed by atoms with Gasteiger partial charge < -0.3 is 9.88 Å². The van der Waals surface area contributed by atoms with Gasteiger partial charge in [0.15, 0.2) is 5.43 Å². The van der Waals surface area contributed by atoms with Gasteiger partial charge in [0.1, 0.15) is 6.54 Å². The fourth-order valence-electron chi connectivity index (χ4n) is 3.69. The molecule has 0 unspecified atom stereocenters. The largest absolute Gasteiger partial charge is 0.350 e. The van der Waals surface area contributed by atoms with Crippen LogP contribution in [0.25, 0.3) is 21.8 Å². The summed E-state index contributed by atoms with van der Waals surface area (Å²) in [6.45, 7) is 0.383. The first-order valence-corrected chi connectivity index (χ1v) is 11.8. The maximum atomic E-state index is 12.8. The third-order valence-electron chi connectivity index (χ3n) is 5.36. The minimum atomic E-state index is -3.33. The molecule has 7 nitrogen and oxygen atoms in total. The van der Waals surface area contributed by atoms with E-state index in [1.54, 1.807) is 36.4 Å². The number of carbonyl (C=O) groups is 1. The zero-order valence-electron chi connectivity index (χ0n) is 17.5. The highest BCUT2D eigenvalue weighted by Gasteiger charge is 2.13. The van der Waals surface area contributed by atoms with Gasteiger partial charge >= 0.3 is 0 Å². The summed E-state index contributed by atoms with van der Waals surface area (Å²) in [5.41, 5.74) is 2.90. The van der Waals surface area contributed by atoms with Gasteiger partial charge in [0.25, 0.3) is 0 Å². The van der Waals surface area contributed by atoms with Crippen LogP contribution in [0, 0.1) is 0 Å². The molecule has 1 heterocycles. The molecule has 1 amide bonds. The number of carbonyl (C=O) groups excluding carboxylic acids is 1. The van der Waals surface area contributed by atoms with Gasteiger partial charge in [-0.05, 0) is 42.4 Å². The molecule has 4 rings (SSSR count). The van der Waals surface area contributed by atoms with Gasteiger partial charge in [-0.15, -0.1) is 0 Å². The van der Waals surface area contributed by atoms with Crippen molar-refractivity contribution >= 4 is 37.7 Å². The highest BCUT2D eigenvalue weighted by Crippen LogP contribution is 2.19. The monoisotopic (exact) mass is 449 g/mol. The fourth-order valence-corrected chi connectivity index (χ4v) is 4.47. The van der Waals surface area contributed by atoms with E-state index in [2.05, 4.69) is 10.0 Å². The minimum Gasteiger partial charge on any atom is -0.350 e. The molecule has 0 saturated carbocycles. The lowest BCUT2D eigenvalue weighted by Gasteiger charge is -2.15. The molecule has 0 radical (unpaired) electrons. The third-order valence-corrected chi connectivity index (χ3v) is 6.70. The van der Waals surface area contributed by atoms with Crippen LogP contribution >= 0.6 is 0 Å². The SMILES string of the molecule is CNS(=O)(=O)Cc1ccc(CNC(=O)Cn2c3ccccc3c(=O)c3ccccc32)cc1. The maximum absolute atomic E-state index is 12.8. The Bertz CT molecular complexity index is 1400. The van der Waals surface area contributed by atoms with E-state index in [0.717, 1.165) is 5.56 Å². The number of hydrogen-bond acceptors (Lipinski definition) is 4. The van der Waals surface area contributed by atoms with Crippen LogP contribution in [0.4, 0.5) is 0 Å². The number of amides is 1. The molecule has 0 fully saturated rings. The third kappa shape index (κ3) is 4.56. The van der Waals surface area contributed by atoms with Crippen LogP contribution in [0.3, 0.4) is 0 Å². The summed E-state index contributed by atoms with van der Waals surface area (Å²) >= 11 is 0. The second-order valence-corrected chi connectivity index (χ2v) is 9.43. The number of fused-ring (bicyclic) bond motifs is 2. The number of rotatable bonds is 7. The number of sulfonamides is 1. The van der Waals surface area contributed by atoms with Gasteiger partial charge in [-0.3, -0.25) is 9.59 Å². The topological polar surface area (TPSA) is 97.3 Å². The van der Waals surface area contributed by atoms with Crippen molar-refractivity contribution in [3.63, 3.8) is 0 Å². The van der Waals surface area contributed by atoms with Crippen LogP contribution in [0.5, 0.6) is 0 Å². The molecule has 0 atom stereocenters. The van der Waals surface area contributed by atoms with Crippen molar-refractivity contribution in [2.75, 3.05) is 7.05 Å². The molecule has 4 aromatic rings. The van der Waals surface area contributed by atoms with Crippen LogP contribution in [0.15, 0.2) is 77.6 Å². The van der Waals surface area contributed by atoms with E-state index in [4.69, 9.17) is 0 Å². The summed E-state index contributed by atoms with van der Waals surface area (Å²) in [6, 6.07) is 21.6. The number of hydrogen-bond donors (Lipinski definition) is 2. The quantitative estimate of drug-likeness (QED) is 0.424. The Kier molecular flexibility index (Phi) is 6.07. The summed E-state index contributed by atoms with van der Waals surface area (Å²) in [5, 5.41) is 4.05. The molecule has 0 saturated heterocycles. The summed E-state index contributed by atoms with van der Waals surface area (Å²) in [6.07, 6.45) is 0. The van der Waals surface area contributed by atoms with Crippen molar-refractivity contribution < 1.29 is 13.2 Å². The first-order chi connectivity index (χ1) is 15.4. The van der Waals surface area contributed by atoms with Crippen molar-refractivity contribution in [1.29, 1.82) is 0 Å². The Hall–Kier alpha value is -3.49. The van der Waals surface area contributed by atoms with Crippen LogP contribution in [-0.2, 0) is 33.7 Å². The Labute approximate surface area is 185 Å². The average molecular weight is 450 g/mol. The molecule has 164 valence electrons. The lowest BCUT2D eigenvalue weighted by molar-refractivity contribution is -0.121. The van der Waals surface area contributed by atoms with Crippen molar-refractivity contribution in [1.82, 2.24) is 14.6 Å². The second kappa shape index (κ2) is 8.94. The van der Waals surface area contributed by atoms with E-state index in [1.807, 2.05) is 41.0 Å². The number of nitrogens with one attached hydrogen (secondary N) is 2. The van der Waals surface area contributed by atoms with Crippen molar-refractivity contribution in [2.24, 2.45) is 0 Å². The number of benzene rings is 3. The normalized spacial score (nSPS) is 11.7. The van der Waals surface area contributed by atoms with E-state index in [9.17, 15) is 18.0 Å². The fraction of sp³-hybridized carbons (Fsp3) is 0.167. The maximum Gasteiger partial charge on any atom is 0.240 e. The van der Waals surface area contributed by atoms with Gasteiger partial charge in [-0.25, -0.2) is 13.1 Å². The predicted molar refractivity (Wildman–Crippen MR) is 126 cm³/mol. The molecular formula is C24H23N3O4S. The number of nitrogens with zero attached hydrogens (tertiary/aromatic N) is 1. The van der Waals surface area contributed by atoms with E-state index in [0.29, 0.717) is 33.9 Å². The molecule has 32 heavy (non-hydrogen) atoms. The Balaban J connectivity index is 1.52. The average Bonchev–Trinajstić information content (AvgIpc) is 2.81. The van der Waals surface area contributed by atoms with Gasteiger partial charge in [-0.2, -0.15) is 0 Å². The smallest absolute Gasteiger partial charge is 0.240 e. The molecule has 3 aromatic carbocycles. The first-order valence-electron chi connectivity index (χ1n) is 10.1. The molecule has 0 aliphatic heterocycles. The van der Waals surface area contributed by atoms with Crippen LogP contribution < -0.4 is 15.5 Å². The summed E-state index contributed by atoms with van der Waals surface area (Å²) in [5.74, 6) is -0.284. The number of aromatic nitrogens is 1. The molecule has 0 spiro atoms. The summed E-state index contributed by atoms with van der Waals surface area (Å²) in [4.78, 5) is 25.6. The lowest BCUT2D eigenvalue weighted by Crippen LogP contribution is -2.28. The van der Waals surface area contributed by atoms with E-state index in [-0.39, 0.29) is 23.6 Å².